The lowest BCUT2D eigenvalue weighted by molar-refractivity contribution is 0.536. The number of nitrogens with one attached hydrogen (secondary N) is 1. The highest BCUT2D eigenvalue weighted by Gasteiger charge is 2.23. The molecule has 3 heteroatoms. The average Bonchev–Trinajstić information content (AvgIpc) is 3.30. The molecule has 110 valence electrons. The van der Waals surface area contributed by atoms with E-state index in [1.807, 2.05) is 36.4 Å². The van der Waals surface area contributed by atoms with Crippen molar-refractivity contribution in [2.24, 2.45) is 0 Å². The lowest BCUT2D eigenvalue weighted by Crippen LogP contribution is -2.25. The van der Waals surface area contributed by atoms with Crippen molar-refractivity contribution in [2.45, 2.75) is 31.2 Å². The van der Waals surface area contributed by atoms with Crippen molar-refractivity contribution in [3.63, 3.8) is 0 Å². The molecule has 0 aromatic heterocycles. The largest absolute Gasteiger partial charge is 0.313 e. The molecule has 0 spiro atoms. The van der Waals surface area contributed by atoms with Crippen molar-refractivity contribution in [3.05, 3.63) is 70.5 Å². The molecule has 0 heterocycles. The summed E-state index contributed by atoms with van der Waals surface area (Å²) in [6.07, 6.45) is 3.30. The first-order valence-corrected chi connectivity index (χ1v) is 7.82. The van der Waals surface area contributed by atoms with Gasteiger partial charge >= 0.3 is 0 Å². The molecule has 0 saturated heterocycles. The Morgan fingerprint density at radius 1 is 1.10 bits per heavy atom. The molecule has 2 aromatic rings. The molecule has 1 fully saturated rings. The van der Waals surface area contributed by atoms with Gasteiger partial charge in [-0.1, -0.05) is 41.9 Å². The molecular weight excluding hydrogens is 285 g/mol. The van der Waals surface area contributed by atoms with Gasteiger partial charge in [-0.05, 0) is 48.6 Å². The molecular formula is C18H19ClFN. The van der Waals surface area contributed by atoms with Gasteiger partial charge in [0.05, 0.1) is 0 Å². The monoisotopic (exact) mass is 303 g/mol. The number of benzene rings is 2. The Kier molecular flexibility index (Phi) is 4.57. The van der Waals surface area contributed by atoms with Gasteiger partial charge in [-0.3, -0.25) is 0 Å². The van der Waals surface area contributed by atoms with Crippen LogP contribution < -0.4 is 5.32 Å². The van der Waals surface area contributed by atoms with Crippen molar-refractivity contribution in [3.8, 4) is 0 Å². The zero-order valence-corrected chi connectivity index (χ0v) is 12.6. The van der Waals surface area contributed by atoms with Crippen LogP contribution in [0.3, 0.4) is 0 Å². The van der Waals surface area contributed by atoms with Gasteiger partial charge in [0.1, 0.15) is 5.82 Å². The Morgan fingerprint density at radius 2 is 1.81 bits per heavy atom. The highest BCUT2D eigenvalue weighted by atomic mass is 35.5. The Labute approximate surface area is 130 Å². The highest BCUT2D eigenvalue weighted by Crippen LogP contribution is 2.26. The Hall–Kier alpha value is -1.38. The minimum absolute atomic E-state index is 0.117. The van der Waals surface area contributed by atoms with Crippen LogP contribution in [0.1, 0.15) is 29.9 Å². The van der Waals surface area contributed by atoms with E-state index in [0.29, 0.717) is 6.04 Å². The second-order valence-electron chi connectivity index (χ2n) is 5.73. The van der Waals surface area contributed by atoms with E-state index in [2.05, 4.69) is 5.32 Å². The molecule has 0 bridgehead atoms. The molecule has 2 aromatic carbocycles. The number of hydrogen-bond acceptors (Lipinski definition) is 1. The standard InChI is InChI=1S/C18H19ClFN/c19-15-7-5-13(6-8-15)11-14(12-21-16-9-10-16)17-3-1-2-4-18(17)20/h1-8,14,16,21H,9-12H2. The molecule has 21 heavy (non-hydrogen) atoms. The topological polar surface area (TPSA) is 12.0 Å². The molecule has 1 nitrogen and oxygen atoms in total. The average molecular weight is 304 g/mol. The van der Waals surface area contributed by atoms with Crippen LogP contribution in [0.25, 0.3) is 0 Å². The minimum atomic E-state index is -0.117. The van der Waals surface area contributed by atoms with Crippen molar-refractivity contribution in [1.29, 1.82) is 0 Å². The fraction of sp³-hybridized carbons (Fsp3) is 0.333. The van der Waals surface area contributed by atoms with E-state index < -0.39 is 0 Å². The third-order valence-electron chi connectivity index (χ3n) is 3.97. The Balaban J connectivity index is 1.77. The maximum atomic E-state index is 14.1. The smallest absolute Gasteiger partial charge is 0.126 e. The third kappa shape index (κ3) is 4.05. The molecule has 1 N–H and O–H groups in total. The molecule has 0 aliphatic heterocycles. The maximum absolute atomic E-state index is 14.1. The van der Waals surface area contributed by atoms with Gasteiger partial charge in [-0.2, -0.15) is 0 Å². The van der Waals surface area contributed by atoms with Crippen LogP contribution in [0.2, 0.25) is 5.02 Å². The summed E-state index contributed by atoms with van der Waals surface area (Å²) in [5.74, 6) is 0.0297. The summed E-state index contributed by atoms with van der Waals surface area (Å²) in [6.45, 7) is 0.814. The van der Waals surface area contributed by atoms with Gasteiger partial charge in [0, 0.05) is 23.5 Å². The van der Waals surface area contributed by atoms with Crippen LogP contribution in [0.15, 0.2) is 48.5 Å². The van der Waals surface area contributed by atoms with Crippen LogP contribution in [0, 0.1) is 5.82 Å². The highest BCUT2D eigenvalue weighted by molar-refractivity contribution is 6.30. The Bertz CT molecular complexity index is 592. The van der Waals surface area contributed by atoms with E-state index in [0.717, 1.165) is 23.6 Å². The molecule has 1 aliphatic carbocycles. The van der Waals surface area contributed by atoms with Crippen molar-refractivity contribution in [2.75, 3.05) is 6.54 Å². The SMILES string of the molecule is Fc1ccccc1C(CNC1CC1)Cc1ccc(Cl)cc1. The fourth-order valence-corrected chi connectivity index (χ4v) is 2.73. The van der Waals surface area contributed by atoms with E-state index in [1.165, 1.54) is 18.4 Å². The summed E-state index contributed by atoms with van der Waals surface area (Å²) in [4.78, 5) is 0. The molecule has 1 saturated carbocycles. The lowest BCUT2D eigenvalue weighted by atomic mass is 9.91. The summed E-state index contributed by atoms with van der Waals surface area (Å²) < 4.78 is 14.1. The minimum Gasteiger partial charge on any atom is -0.313 e. The molecule has 0 amide bonds. The molecule has 0 radical (unpaired) electrons. The fourth-order valence-electron chi connectivity index (χ4n) is 2.60. The summed E-state index contributed by atoms with van der Waals surface area (Å²) in [6, 6.07) is 15.5. The van der Waals surface area contributed by atoms with Gasteiger partial charge in [0.15, 0.2) is 0 Å². The van der Waals surface area contributed by atoms with Gasteiger partial charge in [-0.25, -0.2) is 4.39 Å². The van der Waals surface area contributed by atoms with Crippen molar-refractivity contribution in [1.82, 2.24) is 5.32 Å². The van der Waals surface area contributed by atoms with Gasteiger partial charge in [0.2, 0.25) is 0 Å². The van der Waals surface area contributed by atoms with E-state index in [4.69, 9.17) is 11.6 Å². The molecule has 1 unspecified atom stereocenters. The first-order valence-electron chi connectivity index (χ1n) is 7.44. The quantitative estimate of drug-likeness (QED) is 0.825. The zero-order valence-electron chi connectivity index (χ0n) is 11.9. The van der Waals surface area contributed by atoms with Crippen LogP contribution in [0.5, 0.6) is 0 Å². The second-order valence-corrected chi connectivity index (χ2v) is 6.17. The molecule has 1 aliphatic rings. The van der Waals surface area contributed by atoms with Crippen LogP contribution in [-0.2, 0) is 6.42 Å². The number of hydrogen-bond donors (Lipinski definition) is 1. The van der Waals surface area contributed by atoms with Crippen LogP contribution in [-0.4, -0.2) is 12.6 Å². The van der Waals surface area contributed by atoms with E-state index in [9.17, 15) is 4.39 Å². The Morgan fingerprint density at radius 3 is 2.48 bits per heavy atom. The van der Waals surface area contributed by atoms with Gasteiger partial charge in [0.25, 0.3) is 0 Å². The van der Waals surface area contributed by atoms with Gasteiger partial charge < -0.3 is 5.32 Å². The summed E-state index contributed by atoms with van der Waals surface area (Å²) in [5, 5.41) is 4.25. The maximum Gasteiger partial charge on any atom is 0.126 e. The van der Waals surface area contributed by atoms with Crippen molar-refractivity contribution < 1.29 is 4.39 Å². The van der Waals surface area contributed by atoms with E-state index >= 15 is 0 Å². The summed E-state index contributed by atoms with van der Waals surface area (Å²) in [5.41, 5.74) is 1.98. The molecule has 1 atom stereocenters. The van der Waals surface area contributed by atoms with E-state index in [1.54, 1.807) is 12.1 Å². The van der Waals surface area contributed by atoms with Gasteiger partial charge in [-0.15, -0.1) is 0 Å². The third-order valence-corrected chi connectivity index (χ3v) is 4.22. The summed E-state index contributed by atoms with van der Waals surface area (Å²) in [7, 11) is 0. The van der Waals surface area contributed by atoms with E-state index in [-0.39, 0.29) is 11.7 Å². The predicted molar refractivity (Wildman–Crippen MR) is 85.3 cm³/mol. The van der Waals surface area contributed by atoms with Crippen LogP contribution >= 0.6 is 11.6 Å². The van der Waals surface area contributed by atoms with Crippen LogP contribution in [0.4, 0.5) is 4.39 Å². The number of halogens is 2. The first-order chi connectivity index (χ1) is 10.2. The second kappa shape index (κ2) is 6.59. The number of rotatable bonds is 6. The van der Waals surface area contributed by atoms with Crippen molar-refractivity contribution >= 4 is 11.6 Å². The summed E-state index contributed by atoms with van der Waals surface area (Å²) >= 11 is 5.93. The first kappa shape index (κ1) is 14.6. The molecule has 3 rings (SSSR count). The normalized spacial score (nSPS) is 15.9. The zero-order chi connectivity index (χ0) is 14.7. The lowest BCUT2D eigenvalue weighted by Gasteiger charge is -2.19. The predicted octanol–water partition coefficient (Wildman–Crippen LogP) is 4.56.